The number of aliphatic hydroxyl groups excluding tert-OH is 1. The van der Waals surface area contributed by atoms with Gasteiger partial charge in [-0.25, -0.2) is 0 Å². The zero-order valence-corrected chi connectivity index (χ0v) is 8.81. The van der Waals surface area contributed by atoms with Crippen LogP contribution >= 0.6 is 0 Å². The van der Waals surface area contributed by atoms with E-state index in [1.165, 1.54) is 6.07 Å². The molecular weight excluding hydrogens is 213 g/mol. The Hall–Kier alpha value is -1.75. The van der Waals surface area contributed by atoms with Crippen molar-refractivity contribution < 1.29 is 14.4 Å². The second kappa shape index (κ2) is 5.37. The molecule has 16 heavy (non-hydrogen) atoms. The number of aryl methyl sites for hydroxylation is 1. The first-order chi connectivity index (χ1) is 7.56. The highest BCUT2D eigenvalue weighted by Gasteiger charge is 2.15. The monoisotopic (exact) mass is 225 g/mol. The molecule has 1 rings (SSSR count). The third kappa shape index (κ3) is 2.87. The molecule has 86 valence electrons. The molecule has 0 saturated heterocycles. The van der Waals surface area contributed by atoms with Crippen molar-refractivity contribution in [1.82, 2.24) is 0 Å². The Kier molecular flexibility index (Phi) is 4.13. The molecular formula is C11H12FNO3. The largest absolute Gasteiger partial charge is 0.396 e. The van der Waals surface area contributed by atoms with Gasteiger partial charge in [-0.1, -0.05) is 12.2 Å². The molecule has 0 saturated carbocycles. The zero-order chi connectivity index (χ0) is 12.1. The van der Waals surface area contributed by atoms with Gasteiger partial charge < -0.3 is 5.11 Å². The molecule has 0 aromatic heterocycles. The van der Waals surface area contributed by atoms with E-state index in [1.54, 1.807) is 19.1 Å². The van der Waals surface area contributed by atoms with Crippen molar-refractivity contribution in [3.63, 3.8) is 0 Å². The van der Waals surface area contributed by atoms with Gasteiger partial charge in [0.25, 0.3) is 0 Å². The van der Waals surface area contributed by atoms with Gasteiger partial charge in [-0.05, 0) is 30.5 Å². The van der Waals surface area contributed by atoms with Crippen molar-refractivity contribution in [1.29, 1.82) is 0 Å². The van der Waals surface area contributed by atoms with E-state index in [0.717, 1.165) is 6.07 Å². The van der Waals surface area contributed by atoms with Crippen LogP contribution in [0.5, 0.6) is 0 Å². The van der Waals surface area contributed by atoms with Gasteiger partial charge in [0, 0.05) is 12.7 Å². The van der Waals surface area contributed by atoms with Crippen LogP contribution in [0.2, 0.25) is 0 Å². The fourth-order valence-electron chi connectivity index (χ4n) is 1.29. The minimum Gasteiger partial charge on any atom is -0.396 e. The number of hydrogen-bond acceptors (Lipinski definition) is 3. The van der Waals surface area contributed by atoms with Crippen molar-refractivity contribution in [2.24, 2.45) is 0 Å². The molecule has 0 atom stereocenters. The molecule has 0 unspecified atom stereocenters. The van der Waals surface area contributed by atoms with Gasteiger partial charge in [-0.3, -0.25) is 10.1 Å². The summed E-state index contributed by atoms with van der Waals surface area (Å²) in [6, 6.07) is 2.33. The first kappa shape index (κ1) is 12.3. The predicted molar refractivity (Wildman–Crippen MR) is 58.5 cm³/mol. The van der Waals surface area contributed by atoms with Crippen molar-refractivity contribution in [3.05, 3.63) is 45.3 Å². The Labute approximate surface area is 92.2 Å². The number of nitro groups is 1. The lowest BCUT2D eigenvalue weighted by molar-refractivity contribution is -0.387. The summed E-state index contributed by atoms with van der Waals surface area (Å²) in [7, 11) is 0. The second-order valence-electron chi connectivity index (χ2n) is 3.33. The molecule has 0 radical (unpaired) electrons. The average molecular weight is 225 g/mol. The molecule has 0 heterocycles. The Morgan fingerprint density at radius 2 is 2.25 bits per heavy atom. The standard InChI is InChI=1S/C11H12FNO3/c1-8-6-11(13(15)16)10(12)7-9(8)4-2-3-5-14/h2,4,6-7,14H,3,5H2,1H3. The minimum atomic E-state index is -0.848. The Morgan fingerprint density at radius 1 is 1.56 bits per heavy atom. The second-order valence-corrected chi connectivity index (χ2v) is 3.33. The summed E-state index contributed by atoms with van der Waals surface area (Å²) in [5.74, 6) is -0.848. The van der Waals surface area contributed by atoms with Crippen LogP contribution < -0.4 is 0 Å². The van der Waals surface area contributed by atoms with Crippen LogP contribution in [0.25, 0.3) is 6.08 Å². The van der Waals surface area contributed by atoms with E-state index >= 15 is 0 Å². The van der Waals surface area contributed by atoms with E-state index in [9.17, 15) is 14.5 Å². The number of nitrogens with zero attached hydrogens (tertiary/aromatic N) is 1. The van der Waals surface area contributed by atoms with Gasteiger partial charge in [0.05, 0.1) is 4.92 Å². The molecule has 0 aliphatic heterocycles. The highest BCUT2D eigenvalue weighted by molar-refractivity contribution is 5.57. The van der Waals surface area contributed by atoms with Crippen LogP contribution in [0.3, 0.4) is 0 Å². The van der Waals surface area contributed by atoms with E-state index in [-0.39, 0.29) is 6.61 Å². The molecule has 0 fully saturated rings. The minimum absolute atomic E-state index is 0.0189. The normalized spacial score (nSPS) is 10.9. The van der Waals surface area contributed by atoms with Gasteiger partial charge in [-0.15, -0.1) is 0 Å². The topological polar surface area (TPSA) is 63.4 Å². The fraction of sp³-hybridized carbons (Fsp3) is 0.273. The summed E-state index contributed by atoms with van der Waals surface area (Å²) in [4.78, 5) is 9.71. The highest BCUT2D eigenvalue weighted by Crippen LogP contribution is 2.22. The van der Waals surface area contributed by atoms with Gasteiger partial charge in [0.1, 0.15) is 0 Å². The Balaban J connectivity index is 3.05. The predicted octanol–water partition coefficient (Wildman–Crippen LogP) is 2.44. The van der Waals surface area contributed by atoms with Crippen LogP contribution in [0.15, 0.2) is 18.2 Å². The SMILES string of the molecule is Cc1cc([N+](=O)[O-])c(F)cc1C=CCCO. The molecule has 1 N–H and O–H groups in total. The van der Waals surface area contributed by atoms with Crippen LogP contribution in [-0.4, -0.2) is 16.6 Å². The van der Waals surface area contributed by atoms with E-state index in [1.807, 2.05) is 0 Å². The number of nitro benzene ring substituents is 1. The number of benzene rings is 1. The van der Waals surface area contributed by atoms with Gasteiger partial charge in [0.2, 0.25) is 5.82 Å². The Bertz CT molecular complexity index is 429. The maximum absolute atomic E-state index is 13.3. The molecule has 0 bridgehead atoms. The summed E-state index contributed by atoms with van der Waals surface area (Å²) >= 11 is 0. The van der Waals surface area contributed by atoms with Crippen LogP contribution in [-0.2, 0) is 0 Å². The molecule has 0 spiro atoms. The highest BCUT2D eigenvalue weighted by atomic mass is 19.1. The summed E-state index contributed by atoms with van der Waals surface area (Å²) in [6.07, 6.45) is 3.80. The summed E-state index contributed by atoms with van der Waals surface area (Å²) in [5, 5.41) is 19.0. The number of halogens is 1. The van der Waals surface area contributed by atoms with Crippen molar-refractivity contribution in [3.8, 4) is 0 Å². The molecule has 5 heteroatoms. The first-order valence-corrected chi connectivity index (χ1v) is 4.78. The lowest BCUT2D eigenvalue weighted by atomic mass is 10.1. The first-order valence-electron chi connectivity index (χ1n) is 4.78. The number of hydrogen-bond donors (Lipinski definition) is 1. The van der Waals surface area contributed by atoms with Crippen LogP contribution in [0.4, 0.5) is 10.1 Å². The maximum Gasteiger partial charge on any atom is 0.305 e. The van der Waals surface area contributed by atoms with E-state index < -0.39 is 16.4 Å². The smallest absolute Gasteiger partial charge is 0.305 e. The molecule has 1 aromatic carbocycles. The third-order valence-corrected chi connectivity index (χ3v) is 2.13. The average Bonchev–Trinajstić information content (AvgIpc) is 2.22. The quantitative estimate of drug-likeness (QED) is 0.632. The van der Waals surface area contributed by atoms with Crippen molar-refractivity contribution in [2.45, 2.75) is 13.3 Å². The summed E-state index contributed by atoms with van der Waals surface area (Å²) < 4.78 is 13.3. The van der Waals surface area contributed by atoms with Gasteiger partial charge in [-0.2, -0.15) is 4.39 Å². The summed E-state index contributed by atoms with van der Waals surface area (Å²) in [6.45, 7) is 1.69. The van der Waals surface area contributed by atoms with Gasteiger partial charge >= 0.3 is 5.69 Å². The van der Waals surface area contributed by atoms with Gasteiger partial charge in [0.15, 0.2) is 0 Å². The van der Waals surface area contributed by atoms with Crippen LogP contribution in [0.1, 0.15) is 17.5 Å². The van der Waals surface area contributed by atoms with Crippen LogP contribution in [0, 0.1) is 22.9 Å². The third-order valence-electron chi connectivity index (χ3n) is 2.13. The lowest BCUT2D eigenvalue weighted by Crippen LogP contribution is -1.95. The zero-order valence-electron chi connectivity index (χ0n) is 8.81. The molecule has 0 amide bonds. The molecule has 4 nitrogen and oxygen atoms in total. The molecule has 0 aliphatic rings. The number of aliphatic hydroxyl groups is 1. The molecule has 0 aliphatic carbocycles. The van der Waals surface area contributed by atoms with Crippen molar-refractivity contribution >= 4 is 11.8 Å². The maximum atomic E-state index is 13.3. The van der Waals surface area contributed by atoms with Crippen molar-refractivity contribution in [2.75, 3.05) is 6.61 Å². The van der Waals surface area contributed by atoms with E-state index in [4.69, 9.17) is 5.11 Å². The van der Waals surface area contributed by atoms with E-state index in [0.29, 0.717) is 17.5 Å². The fourth-order valence-corrected chi connectivity index (χ4v) is 1.29. The Morgan fingerprint density at radius 3 is 2.81 bits per heavy atom. The lowest BCUT2D eigenvalue weighted by Gasteiger charge is -2.01. The number of rotatable bonds is 4. The van der Waals surface area contributed by atoms with E-state index in [2.05, 4.69) is 0 Å². The molecule has 1 aromatic rings. The summed E-state index contributed by atoms with van der Waals surface area (Å²) in [5.41, 5.74) is 0.690.